The van der Waals surface area contributed by atoms with E-state index in [1.165, 1.54) is 18.2 Å². The van der Waals surface area contributed by atoms with Crippen LogP contribution in [0.2, 0.25) is 0 Å². The highest BCUT2D eigenvalue weighted by Gasteiger charge is 2.30. The summed E-state index contributed by atoms with van der Waals surface area (Å²) in [5.41, 5.74) is -1.42. The lowest BCUT2D eigenvalue weighted by Crippen LogP contribution is -2.50. The van der Waals surface area contributed by atoms with Crippen LogP contribution in [0.3, 0.4) is 0 Å². The van der Waals surface area contributed by atoms with E-state index in [2.05, 4.69) is 5.32 Å². The normalized spacial score (nSPS) is 17.7. The number of nitrogens with zero attached hydrogens (tertiary/aromatic N) is 1. The first kappa shape index (κ1) is 16.9. The minimum Gasteiger partial charge on any atom is -0.480 e. The van der Waals surface area contributed by atoms with Gasteiger partial charge in [-0.1, -0.05) is 0 Å². The van der Waals surface area contributed by atoms with Crippen molar-refractivity contribution in [3.05, 3.63) is 0 Å². The van der Waals surface area contributed by atoms with Gasteiger partial charge in [-0.2, -0.15) is 4.31 Å². The van der Waals surface area contributed by atoms with E-state index < -0.39 is 27.4 Å². The molecule has 1 rings (SSSR count). The Labute approximate surface area is 118 Å². The van der Waals surface area contributed by atoms with Crippen molar-refractivity contribution in [3.8, 4) is 0 Å². The molecule has 0 aliphatic carbocycles. The zero-order valence-electron chi connectivity index (χ0n) is 11.6. The molecule has 116 valence electrons. The van der Waals surface area contributed by atoms with E-state index in [-0.39, 0.29) is 25.3 Å². The van der Waals surface area contributed by atoms with Crippen molar-refractivity contribution in [3.63, 3.8) is 0 Å². The third-order valence-electron chi connectivity index (χ3n) is 2.94. The lowest BCUT2D eigenvalue weighted by molar-refractivity contribution is -0.145. The summed E-state index contributed by atoms with van der Waals surface area (Å²) in [5.74, 6) is -2.12. The van der Waals surface area contributed by atoms with E-state index in [4.69, 9.17) is 9.84 Å². The second-order valence-electron chi connectivity index (χ2n) is 5.06. The van der Waals surface area contributed by atoms with Gasteiger partial charge in [0.25, 0.3) is 0 Å². The minimum absolute atomic E-state index is 0.267. The van der Waals surface area contributed by atoms with Gasteiger partial charge in [-0.3, -0.25) is 4.79 Å². The van der Waals surface area contributed by atoms with Crippen molar-refractivity contribution in [2.75, 3.05) is 32.1 Å². The average Bonchev–Trinajstić information content (AvgIpc) is 2.37. The van der Waals surface area contributed by atoms with Crippen molar-refractivity contribution in [1.29, 1.82) is 0 Å². The number of carboxylic acids is 1. The summed E-state index contributed by atoms with van der Waals surface area (Å²) in [6.45, 7) is 3.93. The van der Waals surface area contributed by atoms with Gasteiger partial charge in [-0.15, -0.1) is 0 Å². The van der Waals surface area contributed by atoms with Crippen LogP contribution in [-0.4, -0.2) is 67.3 Å². The molecule has 0 aromatic carbocycles. The number of amides is 1. The summed E-state index contributed by atoms with van der Waals surface area (Å²) in [6.07, 6.45) is -0.267. The highest BCUT2D eigenvalue weighted by molar-refractivity contribution is 7.89. The Hall–Kier alpha value is -1.19. The summed E-state index contributed by atoms with van der Waals surface area (Å²) >= 11 is 0. The lowest BCUT2D eigenvalue weighted by atomic mass is 10.1. The highest BCUT2D eigenvalue weighted by Crippen LogP contribution is 2.08. The Bertz CT molecular complexity index is 467. The fourth-order valence-electron chi connectivity index (χ4n) is 1.64. The summed E-state index contributed by atoms with van der Waals surface area (Å²) in [4.78, 5) is 22.5. The number of hydrogen-bond acceptors (Lipinski definition) is 5. The maximum Gasteiger partial charge on any atom is 0.328 e. The molecule has 0 aromatic rings. The van der Waals surface area contributed by atoms with Gasteiger partial charge in [0, 0.05) is 19.5 Å². The quantitative estimate of drug-likeness (QED) is 0.652. The number of aliphatic carboxylic acids is 1. The number of morpholine rings is 1. The van der Waals surface area contributed by atoms with Crippen LogP contribution in [-0.2, 0) is 24.3 Å². The number of hydrogen-bond donors (Lipinski definition) is 2. The largest absolute Gasteiger partial charge is 0.480 e. The molecule has 0 spiro atoms. The lowest BCUT2D eigenvalue weighted by Gasteiger charge is -2.26. The maximum atomic E-state index is 12.0. The summed E-state index contributed by atoms with van der Waals surface area (Å²) in [7, 11) is -3.51. The summed E-state index contributed by atoms with van der Waals surface area (Å²) in [5, 5.41) is 11.2. The minimum atomic E-state index is -3.51. The Morgan fingerprint density at radius 3 is 2.35 bits per heavy atom. The van der Waals surface area contributed by atoms with Crippen LogP contribution in [0.4, 0.5) is 0 Å². The molecule has 1 heterocycles. The number of sulfonamides is 1. The molecule has 0 aromatic heterocycles. The second-order valence-corrected chi connectivity index (χ2v) is 7.14. The number of carbonyl (C=O) groups excluding carboxylic acids is 1. The summed E-state index contributed by atoms with van der Waals surface area (Å²) < 4.78 is 30.3. The Morgan fingerprint density at radius 1 is 1.30 bits per heavy atom. The van der Waals surface area contributed by atoms with Crippen LogP contribution in [0.25, 0.3) is 0 Å². The number of carbonyl (C=O) groups is 2. The molecule has 0 saturated carbocycles. The number of ether oxygens (including phenoxy) is 1. The van der Waals surface area contributed by atoms with Gasteiger partial charge < -0.3 is 15.2 Å². The number of carboxylic acid groups (broad SMARTS) is 1. The second kappa shape index (κ2) is 6.51. The smallest absolute Gasteiger partial charge is 0.328 e. The molecular weight excluding hydrogens is 288 g/mol. The van der Waals surface area contributed by atoms with Crippen molar-refractivity contribution < 1.29 is 27.9 Å². The fourth-order valence-corrected chi connectivity index (χ4v) is 3.05. The van der Waals surface area contributed by atoms with Crippen molar-refractivity contribution >= 4 is 21.9 Å². The zero-order valence-corrected chi connectivity index (χ0v) is 12.4. The van der Waals surface area contributed by atoms with Crippen molar-refractivity contribution in [1.82, 2.24) is 9.62 Å². The predicted molar refractivity (Wildman–Crippen MR) is 70.7 cm³/mol. The standard InChI is InChI=1S/C11H20N2O6S/c1-11(2,10(15)16)12-9(14)3-8-20(17,18)13-4-6-19-7-5-13/h3-8H2,1-2H3,(H,12,14)(H,15,16). The molecule has 0 bridgehead atoms. The van der Waals surface area contributed by atoms with Gasteiger partial charge in [0.2, 0.25) is 15.9 Å². The van der Waals surface area contributed by atoms with E-state index in [0.717, 1.165) is 0 Å². The number of nitrogens with one attached hydrogen (secondary N) is 1. The SMILES string of the molecule is CC(C)(NC(=O)CCS(=O)(=O)N1CCOCC1)C(=O)O. The first-order chi connectivity index (χ1) is 9.15. The van der Waals surface area contributed by atoms with Gasteiger partial charge in [0.05, 0.1) is 19.0 Å². The highest BCUT2D eigenvalue weighted by atomic mass is 32.2. The molecular formula is C11H20N2O6S. The van der Waals surface area contributed by atoms with Gasteiger partial charge >= 0.3 is 5.97 Å². The van der Waals surface area contributed by atoms with Crippen LogP contribution in [0.1, 0.15) is 20.3 Å². The Morgan fingerprint density at radius 2 is 1.85 bits per heavy atom. The van der Waals surface area contributed by atoms with Crippen molar-refractivity contribution in [2.24, 2.45) is 0 Å². The third kappa shape index (κ3) is 4.73. The monoisotopic (exact) mass is 308 g/mol. The van der Waals surface area contributed by atoms with Crippen LogP contribution >= 0.6 is 0 Å². The molecule has 0 atom stereocenters. The van der Waals surface area contributed by atoms with Crippen molar-refractivity contribution in [2.45, 2.75) is 25.8 Å². The molecule has 2 N–H and O–H groups in total. The molecule has 0 radical (unpaired) electrons. The van der Waals surface area contributed by atoms with E-state index in [0.29, 0.717) is 13.2 Å². The number of rotatable bonds is 6. The first-order valence-electron chi connectivity index (χ1n) is 6.25. The molecule has 9 heteroatoms. The Kier molecular flexibility index (Phi) is 5.49. The zero-order chi connectivity index (χ0) is 15.4. The third-order valence-corrected chi connectivity index (χ3v) is 4.81. The van der Waals surface area contributed by atoms with E-state index in [1.807, 2.05) is 0 Å². The maximum absolute atomic E-state index is 12.0. The topological polar surface area (TPSA) is 113 Å². The fraction of sp³-hybridized carbons (Fsp3) is 0.818. The van der Waals surface area contributed by atoms with Crippen LogP contribution in [0.15, 0.2) is 0 Å². The molecule has 1 aliphatic heterocycles. The Balaban J connectivity index is 2.49. The van der Waals surface area contributed by atoms with Crippen LogP contribution < -0.4 is 5.32 Å². The van der Waals surface area contributed by atoms with Gasteiger partial charge in [-0.25, -0.2) is 13.2 Å². The molecule has 0 unspecified atom stereocenters. The molecule has 8 nitrogen and oxygen atoms in total. The van der Waals surface area contributed by atoms with Gasteiger partial charge in [0.1, 0.15) is 5.54 Å². The van der Waals surface area contributed by atoms with Gasteiger partial charge in [0.15, 0.2) is 0 Å². The van der Waals surface area contributed by atoms with E-state index in [9.17, 15) is 18.0 Å². The van der Waals surface area contributed by atoms with E-state index in [1.54, 1.807) is 0 Å². The molecule has 20 heavy (non-hydrogen) atoms. The first-order valence-corrected chi connectivity index (χ1v) is 7.86. The van der Waals surface area contributed by atoms with Crippen LogP contribution in [0.5, 0.6) is 0 Å². The summed E-state index contributed by atoms with van der Waals surface area (Å²) in [6, 6.07) is 0. The molecule has 1 saturated heterocycles. The predicted octanol–water partition coefficient (Wildman–Crippen LogP) is -0.982. The van der Waals surface area contributed by atoms with Gasteiger partial charge in [-0.05, 0) is 13.8 Å². The van der Waals surface area contributed by atoms with Crippen LogP contribution in [0, 0.1) is 0 Å². The molecule has 1 amide bonds. The average molecular weight is 308 g/mol. The molecule has 1 fully saturated rings. The van der Waals surface area contributed by atoms with E-state index >= 15 is 0 Å². The molecule has 1 aliphatic rings.